The number of carbonyl (C=O) groups is 1. The van der Waals surface area contributed by atoms with E-state index in [1.807, 2.05) is 37.3 Å². The van der Waals surface area contributed by atoms with Crippen molar-refractivity contribution in [2.45, 2.75) is 32.4 Å². The molecule has 0 bridgehead atoms. The maximum Gasteiger partial charge on any atom is 0.249 e. The first-order chi connectivity index (χ1) is 10.2. The van der Waals surface area contributed by atoms with Crippen molar-refractivity contribution in [3.05, 3.63) is 40.9 Å². The average Bonchev–Trinajstić information content (AvgIpc) is 3.16. The number of aryl methyl sites for hydroxylation is 1. The first-order valence-electron chi connectivity index (χ1n) is 7.15. The van der Waals surface area contributed by atoms with Crippen molar-refractivity contribution < 1.29 is 9.53 Å². The van der Waals surface area contributed by atoms with Gasteiger partial charge in [-0.25, -0.2) is 4.98 Å². The molecule has 0 saturated carbocycles. The van der Waals surface area contributed by atoms with Crippen LogP contribution in [0.3, 0.4) is 0 Å². The smallest absolute Gasteiger partial charge is 0.249 e. The predicted octanol–water partition coefficient (Wildman–Crippen LogP) is 2.91. The van der Waals surface area contributed by atoms with Crippen LogP contribution in [0.1, 0.15) is 23.4 Å². The van der Waals surface area contributed by atoms with Crippen LogP contribution in [0, 0.1) is 6.92 Å². The van der Waals surface area contributed by atoms with Crippen LogP contribution in [-0.2, 0) is 16.1 Å². The molecule has 1 saturated heterocycles. The number of rotatable bonds is 4. The lowest BCUT2D eigenvalue weighted by molar-refractivity contribution is -0.130. The molecule has 1 aromatic heterocycles. The summed E-state index contributed by atoms with van der Waals surface area (Å²) >= 11 is 1.63. The van der Waals surface area contributed by atoms with Gasteiger partial charge in [-0.2, -0.15) is 0 Å². The number of aromatic nitrogens is 1. The highest BCUT2D eigenvalue weighted by Gasteiger charge is 2.23. The summed E-state index contributed by atoms with van der Waals surface area (Å²) in [7, 11) is 0. The molecule has 1 fully saturated rings. The minimum atomic E-state index is -0.271. The molecule has 1 amide bonds. The maximum absolute atomic E-state index is 12.0. The van der Waals surface area contributed by atoms with Gasteiger partial charge in [-0.15, -0.1) is 11.3 Å². The van der Waals surface area contributed by atoms with E-state index in [4.69, 9.17) is 4.74 Å². The fourth-order valence-electron chi connectivity index (χ4n) is 2.36. The average molecular weight is 302 g/mol. The second-order valence-corrected chi connectivity index (χ2v) is 6.20. The quantitative estimate of drug-likeness (QED) is 0.945. The highest BCUT2D eigenvalue weighted by molar-refractivity contribution is 7.15. The van der Waals surface area contributed by atoms with E-state index in [-0.39, 0.29) is 12.0 Å². The third-order valence-electron chi connectivity index (χ3n) is 3.56. The highest BCUT2D eigenvalue weighted by Crippen LogP contribution is 2.27. The van der Waals surface area contributed by atoms with Crippen LogP contribution in [0.25, 0.3) is 10.6 Å². The molecule has 1 aromatic carbocycles. The topological polar surface area (TPSA) is 51.2 Å². The Hall–Kier alpha value is -1.72. The summed E-state index contributed by atoms with van der Waals surface area (Å²) < 4.78 is 5.38. The molecule has 1 N–H and O–H groups in total. The number of hydrogen-bond acceptors (Lipinski definition) is 4. The van der Waals surface area contributed by atoms with Crippen molar-refractivity contribution in [1.82, 2.24) is 10.3 Å². The number of hydrogen-bond donors (Lipinski definition) is 1. The zero-order chi connectivity index (χ0) is 14.7. The molecule has 1 aliphatic rings. The van der Waals surface area contributed by atoms with Gasteiger partial charge in [0.15, 0.2) is 0 Å². The van der Waals surface area contributed by atoms with Gasteiger partial charge >= 0.3 is 0 Å². The second kappa shape index (κ2) is 6.37. The van der Waals surface area contributed by atoms with Crippen LogP contribution in [0.4, 0.5) is 0 Å². The van der Waals surface area contributed by atoms with Gasteiger partial charge in [0, 0.05) is 17.0 Å². The van der Waals surface area contributed by atoms with E-state index in [0.29, 0.717) is 13.2 Å². The third kappa shape index (κ3) is 3.31. The van der Waals surface area contributed by atoms with Crippen LogP contribution >= 0.6 is 11.3 Å². The lowest BCUT2D eigenvalue weighted by atomic mass is 10.2. The van der Waals surface area contributed by atoms with Crippen LogP contribution in [0.2, 0.25) is 0 Å². The number of nitrogens with one attached hydrogen (secondary N) is 1. The first-order valence-corrected chi connectivity index (χ1v) is 7.97. The minimum Gasteiger partial charge on any atom is -0.368 e. The summed E-state index contributed by atoms with van der Waals surface area (Å²) in [4.78, 5) is 17.6. The Morgan fingerprint density at radius 2 is 2.24 bits per heavy atom. The number of carbonyl (C=O) groups excluding carboxylic acids is 1. The third-order valence-corrected chi connectivity index (χ3v) is 4.77. The Bertz CT molecular complexity index is 618. The van der Waals surface area contributed by atoms with E-state index >= 15 is 0 Å². The Morgan fingerprint density at radius 1 is 1.43 bits per heavy atom. The molecule has 1 aliphatic heterocycles. The number of benzene rings is 1. The summed E-state index contributed by atoms with van der Waals surface area (Å²) in [5.74, 6) is -0.0124. The van der Waals surface area contributed by atoms with E-state index < -0.39 is 0 Å². The number of amides is 1. The van der Waals surface area contributed by atoms with Crippen molar-refractivity contribution >= 4 is 17.2 Å². The van der Waals surface area contributed by atoms with Crippen molar-refractivity contribution in [3.63, 3.8) is 0 Å². The summed E-state index contributed by atoms with van der Waals surface area (Å²) in [6.07, 6.45) is 1.52. The van der Waals surface area contributed by atoms with Gasteiger partial charge in [-0.3, -0.25) is 4.79 Å². The largest absolute Gasteiger partial charge is 0.368 e. The molecular weight excluding hydrogens is 284 g/mol. The van der Waals surface area contributed by atoms with E-state index in [0.717, 1.165) is 34.0 Å². The van der Waals surface area contributed by atoms with Crippen LogP contribution in [0.5, 0.6) is 0 Å². The molecule has 4 nitrogen and oxygen atoms in total. The Morgan fingerprint density at radius 3 is 2.95 bits per heavy atom. The van der Waals surface area contributed by atoms with Crippen LogP contribution in [0.15, 0.2) is 30.3 Å². The maximum atomic E-state index is 12.0. The van der Waals surface area contributed by atoms with Crippen molar-refractivity contribution in [1.29, 1.82) is 0 Å². The summed E-state index contributed by atoms with van der Waals surface area (Å²) in [6, 6.07) is 10.1. The van der Waals surface area contributed by atoms with Gasteiger partial charge < -0.3 is 10.1 Å². The Balaban J connectivity index is 1.66. The van der Waals surface area contributed by atoms with Crippen molar-refractivity contribution in [2.24, 2.45) is 0 Å². The van der Waals surface area contributed by atoms with Gasteiger partial charge in [0.2, 0.25) is 5.91 Å². The summed E-state index contributed by atoms with van der Waals surface area (Å²) in [5, 5.41) is 3.95. The fourth-order valence-corrected chi connectivity index (χ4v) is 3.37. The molecule has 5 heteroatoms. The molecule has 0 spiro atoms. The van der Waals surface area contributed by atoms with Gasteiger partial charge in [0.1, 0.15) is 11.1 Å². The zero-order valence-corrected chi connectivity index (χ0v) is 12.8. The number of ether oxygens (including phenoxy) is 1. The molecule has 2 aromatic rings. The standard InChI is InChI=1S/C16H18N2O2S/c1-11-14(10-17-15(19)13-8-5-9-20-13)21-16(18-11)12-6-3-2-4-7-12/h2-4,6-7,13H,5,8-10H2,1H3,(H,17,19). The molecule has 1 unspecified atom stereocenters. The van der Waals surface area contributed by atoms with Gasteiger partial charge in [-0.05, 0) is 19.8 Å². The van der Waals surface area contributed by atoms with E-state index in [1.165, 1.54) is 0 Å². The lowest BCUT2D eigenvalue weighted by Crippen LogP contribution is -2.33. The van der Waals surface area contributed by atoms with E-state index in [1.54, 1.807) is 11.3 Å². The lowest BCUT2D eigenvalue weighted by Gasteiger charge is -2.09. The predicted molar refractivity (Wildman–Crippen MR) is 83.1 cm³/mol. The van der Waals surface area contributed by atoms with Gasteiger partial charge in [-0.1, -0.05) is 30.3 Å². The fraction of sp³-hybridized carbons (Fsp3) is 0.375. The number of nitrogens with zero attached hydrogens (tertiary/aromatic N) is 1. The van der Waals surface area contributed by atoms with Crippen LogP contribution < -0.4 is 5.32 Å². The zero-order valence-electron chi connectivity index (χ0n) is 12.0. The molecule has 21 heavy (non-hydrogen) atoms. The summed E-state index contributed by atoms with van der Waals surface area (Å²) in [6.45, 7) is 3.20. The van der Waals surface area contributed by atoms with Gasteiger partial charge in [0.05, 0.1) is 12.2 Å². The van der Waals surface area contributed by atoms with E-state index in [2.05, 4.69) is 10.3 Å². The van der Waals surface area contributed by atoms with Crippen molar-refractivity contribution in [3.8, 4) is 10.6 Å². The summed E-state index contributed by atoms with van der Waals surface area (Å²) in [5.41, 5.74) is 2.09. The molecular formula is C16H18N2O2S. The molecule has 3 rings (SSSR count). The monoisotopic (exact) mass is 302 g/mol. The molecule has 1 atom stereocenters. The Labute approximate surface area is 128 Å². The molecule has 0 aliphatic carbocycles. The SMILES string of the molecule is Cc1nc(-c2ccccc2)sc1CNC(=O)C1CCCO1. The van der Waals surface area contributed by atoms with Gasteiger partial charge in [0.25, 0.3) is 0 Å². The Kier molecular flexibility index (Phi) is 4.31. The normalized spacial score (nSPS) is 17.9. The molecule has 2 heterocycles. The first kappa shape index (κ1) is 14.2. The molecule has 0 radical (unpaired) electrons. The van der Waals surface area contributed by atoms with Crippen LogP contribution in [-0.4, -0.2) is 23.6 Å². The highest BCUT2D eigenvalue weighted by atomic mass is 32.1. The minimum absolute atomic E-state index is 0.0124. The molecule has 110 valence electrons. The second-order valence-electron chi connectivity index (χ2n) is 5.11. The van der Waals surface area contributed by atoms with Crippen molar-refractivity contribution in [2.75, 3.05) is 6.61 Å². The number of thiazole rings is 1. The van der Waals surface area contributed by atoms with E-state index in [9.17, 15) is 4.79 Å².